The highest BCUT2D eigenvalue weighted by Crippen LogP contribution is 2.27. The molecule has 9 heteroatoms. The summed E-state index contributed by atoms with van der Waals surface area (Å²) in [5.41, 5.74) is 2.59. The van der Waals surface area contributed by atoms with Gasteiger partial charge in [-0.05, 0) is 74.1 Å². The van der Waals surface area contributed by atoms with E-state index >= 15 is 0 Å². The van der Waals surface area contributed by atoms with Crippen LogP contribution in [0.3, 0.4) is 0 Å². The van der Waals surface area contributed by atoms with Crippen LogP contribution in [-0.4, -0.2) is 30.5 Å². The van der Waals surface area contributed by atoms with Gasteiger partial charge in [0.1, 0.15) is 0 Å². The van der Waals surface area contributed by atoms with Gasteiger partial charge in [-0.3, -0.25) is 4.79 Å². The highest BCUT2D eigenvalue weighted by Gasteiger charge is 2.16. The predicted molar refractivity (Wildman–Crippen MR) is 115 cm³/mol. The van der Waals surface area contributed by atoms with E-state index in [1.54, 1.807) is 12.1 Å². The number of aromatic nitrogens is 2. The van der Waals surface area contributed by atoms with Crippen LogP contribution in [0.25, 0.3) is 0 Å². The topological polar surface area (TPSA) is 89.0 Å². The molecule has 0 atom stereocenters. The number of carbonyl (C=O) groups is 1. The van der Waals surface area contributed by atoms with Gasteiger partial charge >= 0.3 is 0 Å². The molecule has 1 aromatic heterocycles. The summed E-state index contributed by atoms with van der Waals surface area (Å²) in [6.07, 6.45) is 1.05. The first-order valence-corrected chi connectivity index (χ1v) is 11.6. The van der Waals surface area contributed by atoms with Crippen molar-refractivity contribution in [1.82, 2.24) is 9.97 Å². The van der Waals surface area contributed by atoms with E-state index in [2.05, 4.69) is 15.3 Å². The number of anilines is 1. The van der Waals surface area contributed by atoms with Gasteiger partial charge in [-0.2, -0.15) is 0 Å². The molecule has 0 aliphatic rings. The number of benzene rings is 2. The van der Waals surface area contributed by atoms with Crippen LogP contribution in [-0.2, 0) is 9.84 Å². The molecule has 150 valence electrons. The summed E-state index contributed by atoms with van der Waals surface area (Å²) in [7, 11) is -3.53. The van der Waals surface area contributed by atoms with E-state index in [0.717, 1.165) is 22.5 Å². The monoisotopic (exact) mass is 447 g/mol. The van der Waals surface area contributed by atoms with Crippen LogP contribution in [0.4, 0.5) is 5.69 Å². The minimum Gasteiger partial charge on any atom is -0.322 e. The molecule has 2 aromatic carbocycles. The van der Waals surface area contributed by atoms with Crippen molar-refractivity contribution in [3.63, 3.8) is 0 Å². The molecular weight excluding hydrogens is 430 g/mol. The maximum atomic E-state index is 12.5. The fraction of sp³-hybridized carbons (Fsp3) is 0.150. The van der Waals surface area contributed by atoms with Crippen LogP contribution in [0, 0.1) is 13.8 Å². The normalized spacial score (nSPS) is 11.3. The summed E-state index contributed by atoms with van der Waals surface area (Å²) in [5, 5.41) is 3.49. The van der Waals surface area contributed by atoms with Gasteiger partial charge in [-0.25, -0.2) is 18.4 Å². The molecule has 3 aromatic rings. The van der Waals surface area contributed by atoms with E-state index in [-0.39, 0.29) is 15.5 Å². The molecule has 0 bridgehead atoms. The Kier molecular flexibility index (Phi) is 6.26. The number of aryl methyl sites for hydroxylation is 2. The summed E-state index contributed by atoms with van der Waals surface area (Å²) in [6, 6.07) is 13.3. The number of nitrogens with one attached hydrogen (secondary N) is 1. The number of hydrogen-bond acceptors (Lipinski definition) is 6. The molecule has 3 rings (SSSR count). The van der Waals surface area contributed by atoms with Crippen molar-refractivity contribution in [1.29, 1.82) is 0 Å². The first-order chi connectivity index (χ1) is 13.6. The van der Waals surface area contributed by atoms with E-state index in [4.69, 9.17) is 11.6 Å². The molecule has 6 nitrogen and oxygen atoms in total. The van der Waals surface area contributed by atoms with Crippen LogP contribution in [0.5, 0.6) is 0 Å². The Morgan fingerprint density at radius 2 is 1.62 bits per heavy atom. The SMILES string of the molecule is Cc1cc(C)nc(Sc2ccc(NC(=O)c3ccc(Cl)c(S(C)(=O)=O)c3)cc2)n1. The molecular formula is C20H18ClN3O3S2. The molecule has 0 spiro atoms. The van der Waals surface area contributed by atoms with E-state index in [1.165, 1.54) is 30.0 Å². The number of nitrogens with zero attached hydrogens (tertiary/aromatic N) is 2. The molecule has 1 N–H and O–H groups in total. The molecule has 0 unspecified atom stereocenters. The molecule has 1 amide bonds. The Bertz CT molecular complexity index is 1160. The van der Waals surface area contributed by atoms with Gasteiger partial charge in [0.2, 0.25) is 0 Å². The van der Waals surface area contributed by atoms with Crippen LogP contribution in [0.2, 0.25) is 5.02 Å². The highest BCUT2D eigenvalue weighted by molar-refractivity contribution is 7.99. The molecule has 0 saturated heterocycles. The number of sulfone groups is 1. The highest BCUT2D eigenvalue weighted by atomic mass is 35.5. The Hall–Kier alpha value is -2.42. The quantitative estimate of drug-likeness (QED) is 0.577. The van der Waals surface area contributed by atoms with Gasteiger partial charge in [0, 0.05) is 33.8 Å². The summed E-state index contributed by atoms with van der Waals surface area (Å²) < 4.78 is 23.6. The second kappa shape index (κ2) is 8.52. The Morgan fingerprint density at radius 1 is 1.00 bits per heavy atom. The van der Waals surface area contributed by atoms with Crippen molar-refractivity contribution in [2.75, 3.05) is 11.6 Å². The first kappa shape index (κ1) is 21.3. The lowest BCUT2D eigenvalue weighted by Crippen LogP contribution is -2.12. The van der Waals surface area contributed by atoms with Crippen molar-refractivity contribution < 1.29 is 13.2 Å². The van der Waals surface area contributed by atoms with Gasteiger partial charge in [-0.15, -0.1) is 0 Å². The Morgan fingerprint density at radius 3 is 2.21 bits per heavy atom. The van der Waals surface area contributed by atoms with Gasteiger partial charge < -0.3 is 5.32 Å². The average Bonchev–Trinajstić information content (AvgIpc) is 2.62. The van der Waals surface area contributed by atoms with Crippen LogP contribution >= 0.6 is 23.4 Å². The third kappa shape index (κ3) is 5.56. The Labute approximate surface area is 178 Å². The minimum absolute atomic E-state index is 0.0768. The second-order valence-corrected chi connectivity index (χ2v) is 9.86. The molecule has 0 radical (unpaired) electrons. The van der Waals surface area contributed by atoms with E-state index in [0.29, 0.717) is 10.8 Å². The average molecular weight is 448 g/mol. The van der Waals surface area contributed by atoms with Gasteiger partial charge in [0.05, 0.1) is 9.92 Å². The first-order valence-electron chi connectivity index (χ1n) is 8.53. The van der Waals surface area contributed by atoms with Crippen molar-refractivity contribution >= 4 is 44.8 Å². The van der Waals surface area contributed by atoms with E-state index < -0.39 is 15.7 Å². The second-order valence-electron chi connectivity index (χ2n) is 6.43. The smallest absolute Gasteiger partial charge is 0.255 e. The fourth-order valence-corrected chi connectivity index (χ4v) is 4.75. The zero-order valence-corrected chi connectivity index (χ0v) is 18.3. The minimum atomic E-state index is -3.53. The summed E-state index contributed by atoms with van der Waals surface area (Å²) in [4.78, 5) is 22.1. The maximum absolute atomic E-state index is 12.5. The summed E-state index contributed by atoms with van der Waals surface area (Å²) in [5.74, 6) is -0.426. The lowest BCUT2D eigenvalue weighted by molar-refractivity contribution is 0.102. The third-order valence-corrected chi connectivity index (χ3v) is 6.33. The lowest BCUT2D eigenvalue weighted by Gasteiger charge is -2.09. The zero-order valence-electron chi connectivity index (χ0n) is 15.9. The van der Waals surface area contributed by atoms with E-state index in [9.17, 15) is 13.2 Å². The largest absolute Gasteiger partial charge is 0.322 e. The number of halogens is 1. The number of amides is 1. The molecule has 0 fully saturated rings. The Balaban J connectivity index is 1.73. The standard InChI is InChI=1S/C20H18ClN3O3S2/c1-12-10-13(2)23-20(22-12)28-16-7-5-15(6-8-16)24-19(25)14-4-9-17(21)18(11-14)29(3,26)27/h4-11H,1-3H3,(H,24,25). The van der Waals surface area contributed by atoms with Gasteiger partial charge in [0.15, 0.2) is 15.0 Å². The summed E-state index contributed by atoms with van der Waals surface area (Å²) >= 11 is 7.36. The summed E-state index contributed by atoms with van der Waals surface area (Å²) in [6.45, 7) is 3.84. The third-order valence-electron chi connectivity index (χ3n) is 3.88. The number of rotatable bonds is 5. The van der Waals surface area contributed by atoms with Gasteiger partial charge in [0.25, 0.3) is 5.91 Å². The molecule has 1 heterocycles. The fourth-order valence-electron chi connectivity index (χ4n) is 2.58. The molecule has 0 aliphatic carbocycles. The number of carbonyl (C=O) groups excluding carboxylic acids is 1. The molecule has 0 saturated carbocycles. The maximum Gasteiger partial charge on any atom is 0.255 e. The van der Waals surface area contributed by atoms with Crippen LogP contribution in [0.1, 0.15) is 21.7 Å². The van der Waals surface area contributed by atoms with Crippen molar-refractivity contribution in [2.45, 2.75) is 28.8 Å². The van der Waals surface area contributed by atoms with Crippen LogP contribution in [0.15, 0.2) is 63.5 Å². The lowest BCUT2D eigenvalue weighted by atomic mass is 10.2. The van der Waals surface area contributed by atoms with Crippen molar-refractivity contribution in [2.24, 2.45) is 0 Å². The zero-order chi connectivity index (χ0) is 21.2. The van der Waals surface area contributed by atoms with Gasteiger partial charge in [-0.1, -0.05) is 11.6 Å². The van der Waals surface area contributed by atoms with E-state index in [1.807, 2.05) is 32.0 Å². The number of hydrogen-bond donors (Lipinski definition) is 1. The molecule has 0 aliphatic heterocycles. The van der Waals surface area contributed by atoms with Crippen molar-refractivity contribution in [3.8, 4) is 0 Å². The van der Waals surface area contributed by atoms with Crippen LogP contribution < -0.4 is 5.32 Å². The predicted octanol–water partition coefficient (Wildman–Crippen LogP) is 4.55. The van der Waals surface area contributed by atoms with Crippen molar-refractivity contribution in [3.05, 3.63) is 70.5 Å². The molecule has 29 heavy (non-hydrogen) atoms.